The first-order valence-electron chi connectivity index (χ1n) is 8.26. The number of hydrogen-bond donors (Lipinski definition) is 3. The number of pyridine rings is 1. The first kappa shape index (κ1) is 18.3. The lowest BCUT2D eigenvalue weighted by Gasteiger charge is -2.13. The van der Waals surface area contributed by atoms with Crippen molar-refractivity contribution in [3.8, 4) is 17.2 Å². The molecule has 0 unspecified atom stereocenters. The molecule has 0 aliphatic carbocycles. The molecule has 0 aliphatic rings. The van der Waals surface area contributed by atoms with E-state index in [0.717, 1.165) is 11.1 Å². The lowest BCUT2D eigenvalue weighted by molar-refractivity contribution is 0.102. The predicted octanol–water partition coefficient (Wildman–Crippen LogP) is 3.12. The van der Waals surface area contributed by atoms with Gasteiger partial charge in [-0.1, -0.05) is 12.1 Å². The number of hydrogen-bond acceptors (Lipinski definition) is 5. The van der Waals surface area contributed by atoms with E-state index in [1.54, 1.807) is 12.1 Å². The molecule has 0 saturated carbocycles. The molecule has 0 bridgehead atoms. The number of nitrogens with one attached hydrogen (secondary N) is 2. The molecular weight excluding hydrogens is 348 g/mol. The maximum absolute atomic E-state index is 12.7. The van der Waals surface area contributed by atoms with Crippen LogP contribution in [0, 0.1) is 13.8 Å². The normalized spacial score (nSPS) is 10.7. The van der Waals surface area contributed by atoms with Gasteiger partial charge < -0.3 is 24.9 Å². The van der Waals surface area contributed by atoms with Gasteiger partial charge in [-0.15, -0.1) is 0 Å². The van der Waals surface area contributed by atoms with E-state index >= 15 is 0 Å². The fourth-order valence-electron chi connectivity index (χ4n) is 2.89. The van der Waals surface area contributed by atoms with Gasteiger partial charge in [-0.05, 0) is 37.1 Å². The maximum Gasteiger partial charge on any atom is 0.265 e. The first-order valence-corrected chi connectivity index (χ1v) is 8.26. The number of methoxy groups -OCH3 is 2. The van der Waals surface area contributed by atoms with Crippen molar-refractivity contribution in [2.75, 3.05) is 19.5 Å². The number of fused-ring (bicyclic) bond motifs is 1. The minimum atomic E-state index is -0.699. The van der Waals surface area contributed by atoms with Gasteiger partial charge in [0.05, 0.1) is 19.7 Å². The van der Waals surface area contributed by atoms with Crippen LogP contribution >= 0.6 is 0 Å². The summed E-state index contributed by atoms with van der Waals surface area (Å²) in [6.07, 6.45) is 0. The van der Waals surface area contributed by atoms with Crippen LogP contribution in [-0.2, 0) is 0 Å². The largest absolute Gasteiger partial charge is 0.506 e. The van der Waals surface area contributed by atoms with E-state index < -0.39 is 17.2 Å². The average Bonchev–Trinajstić information content (AvgIpc) is 2.64. The Balaban J connectivity index is 2.12. The van der Waals surface area contributed by atoms with Crippen LogP contribution in [0.4, 0.5) is 5.69 Å². The predicted molar refractivity (Wildman–Crippen MR) is 103 cm³/mol. The summed E-state index contributed by atoms with van der Waals surface area (Å²) in [5.41, 5.74) is 1.73. The average molecular weight is 368 g/mol. The molecule has 3 N–H and O–H groups in total. The van der Waals surface area contributed by atoms with E-state index in [0.29, 0.717) is 22.7 Å². The summed E-state index contributed by atoms with van der Waals surface area (Å²) < 4.78 is 10.4. The summed E-state index contributed by atoms with van der Waals surface area (Å²) in [7, 11) is 2.92. The van der Waals surface area contributed by atoms with Crippen LogP contribution in [0.2, 0.25) is 0 Å². The third kappa shape index (κ3) is 3.19. The van der Waals surface area contributed by atoms with Crippen molar-refractivity contribution in [1.29, 1.82) is 0 Å². The molecule has 1 aromatic heterocycles. The zero-order valence-electron chi connectivity index (χ0n) is 15.5. The standard InChI is InChI=1S/C20H20N2O5/c1-10-6-5-7-13(11(10)2)21-19(24)17-18(23)12-8-15(26-3)16(27-4)9-14(12)22-20(17)25/h5-9H,1-4H3,(H,21,24)(H2,22,23,25). The third-order valence-corrected chi connectivity index (χ3v) is 4.57. The number of benzene rings is 2. The van der Waals surface area contributed by atoms with Gasteiger partial charge in [0, 0.05) is 17.1 Å². The molecular formula is C20H20N2O5. The zero-order chi connectivity index (χ0) is 19.7. The molecule has 140 valence electrons. The van der Waals surface area contributed by atoms with Crippen molar-refractivity contribution in [3.05, 3.63) is 57.4 Å². The maximum atomic E-state index is 12.7. The zero-order valence-corrected chi connectivity index (χ0v) is 15.5. The minimum absolute atomic E-state index is 0.276. The highest BCUT2D eigenvalue weighted by Crippen LogP contribution is 2.35. The second-order valence-electron chi connectivity index (χ2n) is 6.13. The lowest BCUT2D eigenvalue weighted by Crippen LogP contribution is -2.23. The highest BCUT2D eigenvalue weighted by atomic mass is 16.5. The molecule has 3 rings (SSSR count). The Morgan fingerprint density at radius 2 is 1.78 bits per heavy atom. The van der Waals surface area contributed by atoms with Gasteiger partial charge in [0.15, 0.2) is 11.5 Å². The fourth-order valence-corrected chi connectivity index (χ4v) is 2.89. The number of aromatic hydroxyl groups is 1. The van der Waals surface area contributed by atoms with Gasteiger partial charge in [-0.25, -0.2) is 0 Å². The Labute approximate surface area is 155 Å². The van der Waals surface area contributed by atoms with Crippen molar-refractivity contribution in [3.63, 3.8) is 0 Å². The first-order chi connectivity index (χ1) is 12.9. The number of ether oxygens (including phenoxy) is 2. The molecule has 1 amide bonds. The number of aromatic nitrogens is 1. The molecule has 0 fully saturated rings. The van der Waals surface area contributed by atoms with E-state index in [4.69, 9.17) is 9.47 Å². The monoisotopic (exact) mass is 368 g/mol. The number of rotatable bonds is 4. The number of carbonyl (C=O) groups excluding carboxylic acids is 1. The van der Waals surface area contributed by atoms with Crippen molar-refractivity contribution in [2.24, 2.45) is 0 Å². The van der Waals surface area contributed by atoms with E-state index in [9.17, 15) is 14.7 Å². The summed E-state index contributed by atoms with van der Waals surface area (Å²) in [6.45, 7) is 3.79. The van der Waals surface area contributed by atoms with Gasteiger partial charge in [0.1, 0.15) is 11.3 Å². The SMILES string of the molecule is COc1cc2[nH]c(=O)c(C(=O)Nc3cccc(C)c3C)c(O)c2cc1OC. The highest BCUT2D eigenvalue weighted by molar-refractivity contribution is 6.09. The number of anilines is 1. The molecule has 0 spiro atoms. The van der Waals surface area contributed by atoms with Crippen LogP contribution in [-0.4, -0.2) is 30.2 Å². The molecule has 1 heterocycles. The summed E-state index contributed by atoms with van der Waals surface area (Å²) in [6, 6.07) is 8.50. The minimum Gasteiger partial charge on any atom is -0.506 e. The van der Waals surface area contributed by atoms with Crippen molar-refractivity contribution < 1.29 is 19.4 Å². The topological polar surface area (TPSA) is 101 Å². The number of carbonyl (C=O) groups is 1. The van der Waals surface area contributed by atoms with Crippen molar-refractivity contribution in [2.45, 2.75) is 13.8 Å². The smallest absolute Gasteiger partial charge is 0.265 e. The number of aromatic amines is 1. The van der Waals surface area contributed by atoms with E-state index in [1.165, 1.54) is 26.4 Å². The second kappa shape index (κ2) is 7.03. The summed E-state index contributed by atoms with van der Waals surface area (Å²) in [5, 5.41) is 13.6. The number of H-pyrrole nitrogens is 1. The Bertz CT molecular complexity index is 1100. The summed E-state index contributed by atoms with van der Waals surface area (Å²) >= 11 is 0. The third-order valence-electron chi connectivity index (χ3n) is 4.57. The highest BCUT2D eigenvalue weighted by Gasteiger charge is 2.21. The van der Waals surface area contributed by atoms with Crippen LogP contribution < -0.4 is 20.3 Å². The van der Waals surface area contributed by atoms with Crippen LogP contribution in [0.1, 0.15) is 21.5 Å². The van der Waals surface area contributed by atoms with Gasteiger partial charge in [0.2, 0.25) is 0 Å². The molecule has 0 saturated heterocycles. The Hall–Kier alpha value is -3.48. The Morgan fingerprint density at radius 3 is 2.44 bits per heavy atom. The van der Waals surface area contributed by atoms with Crippen LogP contribution in [0.3, 0.4) is 0 Å². The second-order valence-corrected chi connectivity index (χ2v) is 6.13. The molecule has 7 nitrogen and oxygen atoms in total. The van der Waals surface area contributed by atoms with Gasteiger partial charge in [0.25, 0.3) is 11.5 Å². The van der Waals surface area contributed by atoms with Gasteiger partial charge >= 0.3 is 0 Å². The number of amides is 1. The fraction of sp³-hybridized carbons (Fsp3) is 0.200. The quantitative estimate of drug-likeness (QED) is 0.657. The summed E-state index contributed by atoms with van der Waals surface area (Å²) in [5.74, 6) is -0.350. The van der Waals surface area contributed by atoms with E-state index in [2.05, 4.69) is 10.3 Å². The number of aryl methyl sites for hydroxylation is 1. The molecule has 0 radical (unpaired) electrons. The molecule has 0 aliphatic heterocycles. The Kier molecular flexibility index (Phi) is 4.77. The molecule has 7 heteroatoms. The van der Waals surface area contributed by atoms with Crippen LogP contribution in [0.15, 0.2) is 35.1 Å². The van der Waals surface area contributed by atoms with Gasteiger partial charge in [-0.2, -0.15) is 0 Å². The molecule has 2 aromatic carbocycles. The Morgan fingerprint density at radius 1 is 1.11 bits per heavy atom. The van der Waals surface area contributed by atoms with E-state index in [-0.39, 0.29) is 10.9 Å². The lowest BCUT2D eigenvalue weighted by atomic mass is 10.1. The van der Waals surface area contributed by atoms with Crippen molar-refractivity contribution in [1.82, 2.24) is 4.98 Å². The summed E-state index contributed by atoms with van der Waals surface area (Å²) in [4.78, 5) is 27.7. The van der Waals surface area contributed by atoms with E-state index in [1.807, 2.05) is 19.9 Å². The van der Waals surface area contributed by atoms with Crippen LogP contribution in [0.5, 0.6) is 17.2 Å². The van der Waals surface area contributed by atoms with Crippen LogP contribution in [0.25, 0.3) is 10.9 Å². The molecule has 3 aromatic rings. The molecule has 27 heavy (non-hydrogen) atoms. The molecule has 0 atom stereocenters. The van der Waals surface area contributed by atoms with Crippen molar-refractivity contribution >= 4 is 22.5 Å². The van der Waals surface area contributed by atoms with Gasteiger partial charge in [-0.3, -0.25) is 9.59 Å².